The Balaban J connectivity index is 1.58. The molecule has 0 aromatic carbocycles. The van der Waals surface area contributed by atoms with Crippen LogP contribution < -0.4 is 10.9 Å². The first kappa shape index (κ1) is 19.7. The summed E-state index contributed by atoms with van der Waals surface area (Å²) in [6, 6.07) is 7.53. The van der Waals surface area contributed by atoms with Gasteiger partial charge in [-0.15, -0.1) is 29.3 Å². The summed E-state index contributed by atoms with van der Waals surface area (Å²) in [5.74, 6) is 0.682. The van der Waals surface area contributed by atoms with E-state index in [1.807, 2.05) is 22.9 Å². The summed E-state index contributed by atoms with van der Waals surface area (Å²) >= 11 is 4.27. The molecule has 4 aromatic rings. The number of hydrogen-bond donors (Lipinski definition) is 1. The average Bonchev–Trinajstić information content (AvgIpc) is 3.47. The number of aromatic nitrogens is 2. The number of furan rings is 1. The van der Waals surface area contributed by atoms with Gasteiger partial charge in [0.2, 0.25) is 5.91 Å². The van der Waals surface area contributed by atoms with E-state index in [0.29, 0.717) is 34.2 Å². The summed E-state index contributed by atoms with van der Waals surface area (Å²) < 4.78 is 6.78. The molecule has 0 aliphatic carbocycles. The number of allylic oxidation sites excluding steroid dienone is 1. The molecule has 0 unspecified atom stereocenters. The zero-order chi connectivity index (χ0) is 20.2. The molecule has 0 aliphatic rings. The number of nitrogens with one attached hydrogen (secondary N) is 1. The molecule has 0 aliphatic heterocycles. The lowest BCUT2D eigenvalue weighted by Crippen LogP contribution is -2.26. The van der Waals surface area contributed by atoms with E-state index in [-0.39, 0.29) is 17.2 Å². The summed E-state index contributed by atoms with van der Waals surface area (Å²) in [5.41, 5.74) is 0.793. The van der Waals surface area contributed by atoms with E-state index < -0.39 is 0 Å². The van der Waals surface area contributed by atoms with Crippen molar-refractivity contribution >= 4 is 50.6 Å². The van der Waals surface area contributed by atoms with Crippen LogP contribution >= 0.6 is 34.4 Å². The van der Waals surface area contributed by atoms with Crippen LogP contribution in [0, 0.1) is 0 Å². The molecular formula is C20H17N3O3S3. The van der Waals surface area contributed by atoms with Crippen molar-refractivity contribution in [1.29, 1.82) is 0 Å². The van der Waals surface area contributed by atoms with Gasteiger partial charge < -0.3 is 9.73 Å². The lowest BCUT2D eigenvalue weighted by atomic mass is 10.2. The normalized spacial score (nSPS) is 11.0. The van der Waals surface area contributed by atoms with Crippen LogP contribution in [0.4, 0.5) is 0 Å². The topological polar surface area (TPSA) is 77.1 Å². The molecule has 0 radical (unpaired) electrons. The Morgan fingerprint density at radius 2 is 2.24 bits per heavy atom. The van der Waals surface area contributed by atoms with Gasteiger partial charge in [-0.1, -0.05) is 23.9 Å². The summed E-state index contributed by atoms with van der Waals surface area (Å²) in [5, 5.41) is 7.87. The van der Waals surface area contributed by atoms with E-state index in [0.717, 1.165) is 10.4 Å². The third-order valence-corrected chi connectivity index (χ3v) is 6.88. The minimum atomic E-state index is -0.156. The van der Waals surface area contributed by atoms with E-state index >= 15 is 0 Å². The number of fused-ring (bicyclic) bond motifs is 1. The molecule has 0 saturated heterocycles. The van der Waals surface area contributed by atoms with Crippen LogP contribution in [0.2, 0.25) is 0 Å². The Hall–Kier alpha value is -2.62. The second-order valence-corrected chi connectivity index (χ2v) is 8.80. The highest BCUT2D eigenvalue weighted by molar-refractivity contribution is 7.99. The van der Waals surface area contributed by atoms with Gasteiger partial charge in [0.05, 0.1) is 23.9 Å². The molecule has 1 amide bonds. The van der Waals surface area contributed by atoms with Crippen molar-refractivity contribution in [3.8, 4) is 10.4 Å². The number of hydrogen-bond acceptors (Lipinski definition) is 7. The van der Waals surface area contributed by atoms with Crippen molar-refractivity contribution in [2.24, 2.45) is 0 Å². The van der Waals surface area contributed by atoms with Gasteiger partial charge in [0, 0.05) is 22.4 Å². The van der Waals surface area contributed by atoms with Gasteiger partial charge >= 0.3 is 0 Å². The van der Waals surface area contributed by atoms with Crippen molar-refractivity contribution in [2.45, 2.75) is 18.2 Å². The second-order valence-electron chi connectivity index (χ2n) is 6.05. The molecule has 0 fully saturated rings. The first-order valence-corrected chi connectivity index (χ1v) is 11.5. The molecule has 148 valence electrons. The molecule has 1 N–H and O–H groups in total. The number of rotatable bonds is 8. The maximum atomic E-state index is 13.2. The summed E-state index contributed by atoms with van der Waals surface area (Å²) in [6.07, 6.45) is 3.22. The SMILES string of the molecule is C=CCn1c(SCC(=O)NCc2ccco2)nc2scc(-c3cccs3)c2c1=O. The fourth-order valence-electron chi connectivity index (χ4n) is 2.80. The van der Waals surface area contributed by atoms with Gasteiger partial charge in [-0.25, -0.2) is 4.98 Å². The van der Waals surface area contributed by atoms with Crippen LogP contribution in [-0.4, -0.2) is 21.2 Å². The smallest absolute Gasteiger partial charge is 0.263 e. The van der Waals surface area contributed by atoms with Gasteiger partial charge in [0.15, 0.2) is 5.16 Å². The van der Waals surface area contributed by atoms with Crippen LogP contribution in [0.3, 0.4) is 0 Å². The zero-order valence-corrected chi connectivity index (χ0v) is 17.7. The van der Waals surface area contributed by atoms with E-state index in [1.54, 1.807) is 40.4 Å². The molecular weight excluding hydrogens is 426 g/mol. The van der Waals surface area contributed by atoms with Crippen LogP contribution in [0.5, 0.6) is 0 Å². The van der Waals surface area contributed by atoms with Gasteiger partial charge in [0.25, 0.3) is 5.56 Å². The molecule has 6 nitrogen and oxygen atoms in total. The second kappa shape index (κ2) is 8.81. The summed E-state index contributed by atoms with van der Waals surface area (Å²) in [4.78, 5) is 31.8. The quantitative estimate of drug-likeness (QED) is 0.249. The lowest BCUT2D eigenvalue weighted by molar-refractivity contribution is -0.118. The first-order valence-electron chi connectivity index (χ1n) is 8.76. The number of carbonyl (C=O) groups excluding carboxylic acids is 1. The summed E-state index contributed by atoms with van der Waals surface area (Å²) in [7, 11) is 0. The van der Waals surface area contributed by atoms with Crippen molar-refractivity contribution in [3.05, 3.63) is 70.1 Å². The first-order chi connectivity index (χ1) is 14.2. The average molecular weight is 444 g/mol. The number of amides is 1. The standard InChI is InChI=1S/C20H17N3O3S3/c1-2-7-23-19(25)17-14(15-6-4-9-27-15)11-28-18(17)22-20(23)29-12-16(24)21-10-13-5-3-8-26-13/h2-6,8-9,11H,1,7,10,12H2,(H,21,24). The molecule has 0 atom stereocenters. The minimum absolute atomic E-state index is 0.113. The van der Waals surface area contributed by atoms with Crippen molar-refractivity contribution in [3.63, 3.8) is 0 Å². The van der Waals surface area contributed by atoms with E-state index in [2.05, 4.69) is 16.9 Å². The molecule has 9 heteroatoms. The van der Waals surface area contributed by atoms with Crippen molar-refractivity contribution < 1.29 is 9.21 Å². The highest BCUT2D eigenvalue weighted by Gasteiger charge is 2.18. The number of carbonyl (C=O) groups is 1. The molecule has 0 spiro atoms. The van der Waals surface area contributed by atoms with E-state index in [4.69, 9.17) is 4.42 Å². The number of thioether (sulfide) groups is 1. The predicted octanol–water partition coefficient (Wildman–Crippen LogP) is 4.37. The monoisotopic (exact) mass is 443 g/mol. The van der Waals surface area contributed by atoms with Gasteiger partial charge in [-0.05, 0) is 23.6 Å². The van der Waals surface area contributed by atoms with Gasteiger partial charge in [0.1, 0.15) is 10.6 Å². The number of thiophene rings is 2. The third kappa shape index (κ3) is 4.21. The van der Waals surface area contributed by atoms with Crippen LogP contribution in [0.15, 0.2) is 68.3 Å². The van der Waals surface area contributed by atoms with Gasteiger partial charge in [-0.3, -0.25) is 14.2 Å². The largest absolute Gasteiger partial charge is 0.467 e. The van der Waals surface area contributed by atoms with E-state index in [1.165, 1.54) is 23.1 Å². The Morgan fingerprint density at radius 3 is 2.97 bits per heavy atom. The number of nitrogens with zero attached hydrogens (tertiary/aromatic N) is 2. The highest BCUT2D eigenvalue weighted by atomic mass is 32.2. The Bertz CT molecular complexity index is 1190. The fraction of sp³-hybridized carbons (Fsp3) is 0.150. The molecule has 4 aromatic heterocycles. The minimum Gasteiger partial charge on any atom is -0.467 e. The predicted molar refractivity (Wildman–Crippen MR) is 119 cm³/mol. The van der Waals surface area contributed by atoms with E-state index in [9.17, 15) is 9.59 Å². The Labute approximate surface area is 178 Å². The van der Waals surface area contributed by atoms with Crippen molar-refractivity contribution in [1.82, 2.24) is 14.9 Å². The van der Waals surface area contributed by atoms with Crippen molar-refractivity contribution in [2.75, 3.05) is 5.75 Å². The Morgan fingerprint density at radius 1 is 1.34 bits per heavy atom. The van der Waals surface area contributed by atoms with Crippen LogP contribution in [0.1, 0.15) is 5.76 Å². The highest BCUT2D eigenvalue weighted by Crippen LogP contribution is 2.34. The molecule has 29 heavy (non-hydrogen) atoms. The summed E-state index contributed by atoms with van der Waals surface area (Å²) in [6.45, 7) is 4.41. The maximum Gasteiger partial charge on any atom is 0.263 e. The molecule has 4 heterocycles. The lowest BCUT2D eigenvalue weighted by Gasteiger charge is -2.10. The maximum absolute atomic E-state index is 13.2. The fourth-order valence-corrected chi connectivity index (χ4v) is 5.44. The third-order valence-electron chi connectivity index (χ3n) is 4.13. The molecule has 4 rings (SSSR count). The van der Waals surface area contributed by atoms with Crippen LogP contribution in [0.25, 0.3) is 20.7 Å². The molecule has 0 saturated carbocycles. The van der Waals surface area contributed by atoms with Crippen LogP contribution in [-0.2, 0) is 17.9 Å². The Kier molecular flexibility index (Phi) is 5.98. The molecule has 0 bridgehead atoms. The zero-order valence-electron chi connectivity index (χ0n) is 15.3. The van der Waals surface area contributed by atoms with Gasteiger partial charge in [-0.2, -0.15) is 0 Å².